The average molecular weight is 505 g/mol. The van der Waals surface area contributed by atoms with Gasteiger partial charge in [-0.1, -0.05) is 27.9 Å². The molecule has 0 aliphatic heterocycles. The van der Waals surface area contributed by atoms with Gasteiger partial charge in [0.1, 0.15) is 35.6 Å². The number of ether oxygens (including phenoxy) is 1. The molecule has 1 N–H and O–H groups in total. The molecule has 0 saturated carbocycles. The zero-order chi connectivity index (χ0) is 23.0. The molecule has 32 heavy (non-hydrogen) atoms. The average Bonchev–Trinajstić information content (AvgIpc) is 3.25. The van der Waals surface area contributed by atoms with Crippen LogP contribution in [-0.4, -0.2) is 51.0 Å². The van der Waals surface area contributed by atoms with Crippen molar-refractivity contribution in [1.82, 2.24) is 19.7 Å². The summed E-state index contributed by atoms with van der Waals surface area (Å²) in [5.74, 6) is 1.75. The van der Waals surface area contributed by atoms with Gasteiger partial charge in [-0.15, -0.1) is 6.42 Å². The molecule has 3 rings (SSSR count). The maximum absolute atomic E-state index is 14.6. The van der Waals surface area contributed by atoms with E-state index >= 15 is 0 Å². The fourth-order valence-electron chi connectivity index (χ4n) is 3.39. The summed E-state index contributed by atoms with van der Waals surface area (Å²) in [6.45, 7) is 1.11. The first-order valence-electron chi connectivity index (χ1n) is 9.94. The first kappa shape index (κ1) is 23.9. The van der Waals surface area contributed by atoms with Gasteiger partial charge in [-0.2, -0.15) is 5.10 Å². The quantitative estimate of drug-likeness (QED) is 0.319. The molecule has 0 spiro atoms. The van der Waals surface area contributed by atoms with Crippen molar-refractivity contribution >= 4 is 15.9 Å². The van der Waals surface area contributed by atoms with Gasteiger partial charge in [0, 0.05) is 29.2 Å². The zero-order valence-corrected chi connectivity index (χ0v) is 18.9. The van der Waals surface area contributed by atoms with Crippen LogP contribution in [0.3, 0.4) is 0 Å². The SMILES string of the molecule is C#CCN(CCCOc1ccc(Br)cc1)CC(O)(Cn1cncn1)c1ccc(F)cc1F. The molecule has 1 aromatic heterocycles. The molecule has 0 saturated heterocycles. The molecule has 0 radical (unpaired) electrons. The Bertz CT molecular complexity index is 1040. The van der Waals surface area contributed by atoms with E-state index in [4.69, 9.17) is 11.2 Å². The number of aromatic nitrogens is 3. The van der Waals surface area contributed by atoms with Crippen molar-refractivity contribution in [3.8, 4) is 18.1 Å². The third kappa shape index (κ3) is 6.60. The van der Waals surface area contributed by atoms with Gasteiger partial charge in [0.15, 0.2) is 0 Å². The molecule has 1 atom stereocenters. The van der Waals surface area contributed by atoms with Crippen molar-refractivity contribution < 1.29 is 18.6 Å². The summed E-state index contributed by atoms with van der Waals surface area (Å²) in [6.07, 6.45) is 8.89. The Hall–Kier alpha value is -2.80. The molecule has 0 aliphatic carbocycles. The second-order valence-electron chi connectivity index (χ2n) is 7.32. The van der Waals surface area contributed by atoms with E-state index in [1.165, 1.54) is 23.4 Å². The van der Waals surface area contributed by atoms with Crippen molar-refractivity contribution in [2.75, 3.05) is 26.2 Å². The Balaban J connectivity index is 1.71. The maximum Gasteiger partial charge on any atom is 0.137 e. The normalized spacial score (nSPS) is 13.0. The number of benzene rings is 2. The van der Waals surface area contributed by atoms with E-state index < -0.39 is 17.2 Å². The van der Waals surface area contributed by atoms with Crippen molar-refractivity contribution in [1.29, 1.82) is 0 Å². The fourth-order valence-corrected chi connectivity index (χ4v) is 3.66. The molecule has 1 unspecified atom stereocenters. The van der Waals surface area contributed by atoms with E-state index in [0.29, 0.717) is 19.6 Å². The minimum atomic E-state index is -1.71. The van der Waals surface area contributed by atoms with Crippen LogP contribution in [-0.2, 0) is 12.1 Å². The lowest BCUT2D eigenvalue weighted by atomic mass is 9.92. The Morgan fingerprint density at radius 3 is 2.66 bits per heavy atom. The first-order chi connectivity index (χ1) is 15.4. The van der Waals surface area contributed by atoms with Crippen LogP contribution in [0.1, 0.15) is 12.0 Å². The predicted molar refractivity (Wildman–Crippen MR) is 120 cm³/mol. The third-order valence-corrected chi connectivity index (χ3v) is 5.35. The second kappa shape index (κ2) is 11.2. The standard InChI is InChI=1S/C23H23BrF2N4O2/c1-2-10-29(11-3-12-32-20-7-4-18(24)5-8-20)14-23(31,15-30-17-27-16-28-30)21-9-6-19(25)13-22(21)26/h1,4-9,13,16-17,31H,3,10-12,14-15H2. The number of rotatable bonds is 11. The highest BCUT2D eigenvalue weighted by Gasteiger charge is 2.35. The van der Waals surface area contributed by atoms with Gasteiger partial charge < -0.3 is 9.84 Å². The highest BCUT2D eigenvalue weighted by molar-refractivity contribution is 9.10. The van der Waals surface area contributed by atoms with Gasteiger partial charge in [0.25, 0.3) is 0 Å². The van der Waals surface area contributed by atoms with Crippen LogP contribution in [0.15, 0.2) is 59.6 Å². The van der Waals surface area contributed by atoms with Crippen molar-refractivity contribution in [3.63, 3.8) is 0 Å². The van der Waals surface area contributed by atoms with Crippen LogP contribution in [0.5, 0.6) is 5.75 Å². The minimum Gasteiger partial charge on any atom is -0.494 e. The lowest BCUT2D eigenvalue weighted by molar-refractivity contribution is -0.0194. The van der Waals surface area contributed by atoms with Crippen LogP contribution in [0.2, 0.25) is 0 Å². The molecule has 168 valence electrons. The summed E-state index contributed by atoms with van der Waals surface area (Å²) < 4.78 is 36.2. The summed E-state index contributed by atoms with van der Waals surface area (Å²) in [5.41, 5.74) is -1.75. The monoisotopic (exact) mass is 504 g/mol. The second-order valence-corrected chi connectivity index (χ2v) is 8.24. The van der Waals surface area contributed by atoms with E-state index in [9.17, 15) is 13.9 Å². The van der Waals surface area contributed by atoms with E-state index in [-0.39, 0.29) is 25.2 Å². The molecule has 0 amide bonds. The van der Waals surface area contributed by atoms with Gasteiger partial charge in [0.05, 0.1) is 19.7 Å². The summed E-state index contributed by atoms with van der Waals surface area (Å²) in [7, 11) is 0. The lowest BCUT2D eigenvalue weighted by Gasteiger charge is -2.34. The van der Waals surface area contributed by atoms with Crippen LogP contribution < -0.4 is 4.74 Å². The number of halogens is 3. The number of aliphatic hydroxyl groups is 1. The Morgan fingerprint density at radius 1 is 1.22 bits per heavy atom. The molecule has 3 aromatic rings. The summed E-state index contributed by atoms with van der Waals surface area (Å²) in [6, 6.07) is 10.6. The molecule has 0 bridgehead atoms. The van der Waals surface area contributed by atoms with Crippen LogP contribution in [0.25, 0.3) is 0 Å². The molecular formula is C23H23BrF2N4O2. The zero-order valence-electron chi connectivity index (χ0n) is 17.3. The van der Waals surface area contributed by atoms with E-state index in [0.717, 1.165) is 22.4 Å². The summed E-state index contributed by atoms with van der Waals surface area (Å²) >= 11 is 3.38. The van der Waals surface area contributed by atoms with Gasteiger partial charge in [-0.25, -0.2) is 18.4 Å². The number of nitrogens with zero attached hydrogens (tertiary/aromatic N) is 4. The Kier molecular flexibility index (Phi) is 8.33. The highest BCUT2D eigenvalue weighted by atomic mass is 79.9. The maximum atomic E-state index is 14.6. The molecular weight excluding hydrogens is 482 g/mol. The number of terminal acetylenes is 1. The lowest BCUT2D eigenvalue weighted by Crippen LogP contribution is -2.45. The molecule has 6 nitrogen and oxygen atoms in total. The van der Waals surface area contributed by atoms with Gasteiger partial charge >= 0.3 is 0 Å². The van der Waals surface area contributed by atoms with Crippen LogP contribution in [0, 0.1) is 24.0 Å². The van der Waals surface area contributed by atoms with Gasteiger partial charge in [-0.3, -0.25) is 4.90 Å². The third-order valence-electron chi connectivity index (χ3n) is 4.82. The highest BCUT2D eigenvalue weighted by Crippen LogP contribution is 2.28. The summed E-state index contributed by atoms with van der Waals surface area (Å²) in [4.78, 5) is 5.69. The number of hydrogen-bond acceptors (Lipinski definition) is 5. The smallest absolute Gasteiger partial charge is 0.137 e. The van der Waals surface area contributed by atoms with E-state index in [1.807, 2.05) is 29.2 Å². The minimum absolute atomic E-state index is 0.0118. The molecule has 2 aromatic carbocycles. The Morgan fingerprint density at radius 2 is 2.00 bits per heavy atom. The predicted octanol–water partition coefficient (Wildman–Crippen LogP) is 3.61. The molecule has 9 heteroatoms. The van der Waals surface area contributed by atoms with Crippen molar-refractivity contribution in [2.24, 2.45) is 0 Å². The van der Waals surface area contributed by atoms with Crippen molar-refractivity contribution in [2.45, 2.75) is 18.6 Å². The van der Waals surface area contributed by atoms with Gasteiger partial charge in [0.2, 0.25) is 0 Å². The first-order valence-corrected chi connectivity index (χ1v) is 10.7. The molecule has 1 heterocycles. The van der Waals surface area contributed by atoms with E-state index in [1.54, 1.807) is 0 Å². The largest absolute Gasteiger partial charge is 0.494 e. The summed E-state index contributed by atoms with van der Waals surface area (Å²) in [5, 5.41) is 15.5. The molecule has 0 aliphatic rings. The topological polar surface area (TPSA) is 63.4 Å². The molecule has 0 fully saturated rings. The van der Waals surface area contributed by atoms with Crippen molar-refractivity contribution in [3.05, 3.63) is 76.8 Å². The van der Waals surface area contributed by atoms with E-state index in [2.05, 4.69) is 31.9 Å². The van der Waals surface area contributed by atoms with Crippen LogP contribution in [0.4, 0.5) is 8.78 Å². The number of hydrogen-bond donors (Lipinski definition) is 1. The van der Waals surface area contributed by atoms with Gasteiger partial charge in [-0.05, 0) is 36.8 Å². The van der Waals surface area contributed by atoms with Crippen LogP contribution >= 0.6 is 15.9 Å². The fraction of sp³-hybridized carbons (Fsp3) is 0.304. The Labute approximate surface area is 194 Å².